The van der Waals surface area contributed by atoms with Gasteiger partial charge in [0.25, 0.3) is 10.0 Å². The minimum Gasteiger partial charge on any atom is -0.255 e. The van der Waals surface area contributed by atoms with Crippen molar-refractivity contribution in [1.82, 2.24) is 14.5 Å². The Morgan fingerprint density at radius 3 is 2.71 bits per heavy atom. The van der Waals surface area contributed by atoms with Crippen molar-refractivity contribution in [2.24, 2.45) is 7.05 Å². The van der Waals surface area contributed by atoms with Gasteiger partial charge in [-0.2, -0.15) is 5.10 Å². The lowest BCUT2D eigenvalue weighted by Gasteiger charge is -2.16. The largest absolute Gasteiger partial charge is 0.259 e. The molecule has 0 amide bonds. The van der Waals surface area contributed by atoms with Crippen LogP contribution < -0.4 is 4.72 Å². The summed E-state index contributed by atoms with van der Waals surface area (Å²) >= 11 is 11.9. The van der Waals surface area contributed by atoms with Gasteiger partial charge in [0, 0.05) is 18.5 Å². The lowest BCUT2D eigenvalue weighted by Crippen LogP contribution is -2.38. The predicted molar refractivity (Wildman–Crippen MR) is 65.8 cm³/mol. The van der Waals surface area contributed by atoms with Gasteiger partial charge in [0.2, 0.25) is 0 Å². The summed E-state index contributed by atoms with van der Waals surface area (Å²) in [6, 6.07) is -0.229. The molecule has 0 bridgehead atoms. The number of hydrogen-bond acceptors (Lipinski definition) is 3. The number of nitrogens with one attached hydrogen (secondary N) is 1. The van der Waals surface area contributed by atoms with E-state index in [1.165, 1.54) is 17.9 Å². The highest BCUT2D eigenvalue weighted by atomic mass is 35.5. The summed E-state index contributed by atoms with van der Waals surface area (Å²) in [6.45, 7) is 0. The maximum absolute atomic E-state index is 12.1. The van der Waals surface area contributed by atoms with Gasteiger partial charge in [-0.1, -0.05) is 18.0 Å². The van der Waals surface area contributed by atoms with Crippen molar-refractivity contribution in [3.63, 3.8) is 0 Å². The van der Waals surface area contributed by atoms with Gasteiger partial charge < -0.3 is 0 Å². The monoisotopic (exact) mass is 297 g/mol. The molecule has 0 saturated heterocycles. The second kappa shape index (κ2) is 4.76. The lowest BCUT2D eigenvalue weighted by molar-refractivity contribution is 0.539. The van der Waals surface area contributed by atoms with E-state index in [1.54, 1.807) is 0 Å². The van der Waals surface area contributed by atoms with Crippen molar-refractivity contribution in [2.75, 3.05) is 0 Å². The van der Waals surface area contributed by atoms with Gasteiger partial charge in [-0.25, -0.2) is 13.1 Å². The van der Waals surface area contributed by atoms with E-state index in [4.69, 9.17) is 23.2 Å². The van der Waals surface area contributed by atoms with Gasteiger partial charge in [0.1, 0.15) is 0 Å². The third kappa shape index (κ3) is 2.59. The first-order valence-electron chi connectivity index (χ1n) is 5.25. The number of aryl methyl sites for hydroxylation is 1. The summed E-state index contributed by atoms with van der Waals surface area (Å²) in [5, 5.41) is 3.75. The summed E-state index contributed by atoms with van der Waals surface area (Å²) in [5.74, 6) is 0. The number of alkyl halides is 1. The van der Waals surface area contributed by atoms with Crippen molar-refractivity contribution in [3.8, 4) is 0 Å². The Morgan fingerprint density at radius 1 is 1.53 bits per heavy atom. The van der Waals surface area contributed by atoms with Crippen molar-refractivity contribution < 1.29 is 8.42 Å². The average Bonchev–Trinajstić information content (AvgIpc) is 2.74. The summed E-state index contributed by atoms with van der Waals surface area (Å²) in [5.41, 5.74) is 0. The second-order valence-electron chi connectivity index (χ2n) is 4.10. The van der Waals surface area contributed by atoms with Gasteiger partial charge in [-0.3, -0.25) is 4.68 Å². The third-order valence-electron chi connectivity index (χ3n) is 2.84. The molecule has 2 rings (SSSR count). The molecule has 0 aromatic carbocycles. The Labute approximate surface area is 110 Å². The van der Waals surface area contributed by atoms with E-state index < -0.39 is 10.0 Å². The lowest BCUT2D eigenvalue weighted by atomic mass is 10.3. The first kappa shape index (κ1) is 13.1. The molecule has 1 saturated carbocycles. The highest BCUT2D eigenvalue weighted by Gasteiger charge is 2.32. The van der Waals surface area contributed by atoms with E-state index in [-0.39, 0.29) is 21.5 Å². The highest BCUT2D eigenvalue weighted by molar-refractivity contribution is 7.89. The van der Waals surface area contributed by atoms with Crippen LogP contribution in [0.3, 0.4) is 0 Å². The number of nitrogens with zero attached hydrogens (tertiary/aromatic N) is 2. The number of sulfonamides is 1. The molecule has 2 atom stereocenters. The van der Waals surface area contributed by atoms with Crippen LogP contribution in [-0.2, 0) is 17.1 Å². The van der Waals surface area contributed by atoms with Crippen LogP contribution in [0.5, 0.6) is 0 Å². The zero-order chi connectivity index (χ0) is 12.6. The zero-order valence-electron chi connectivity index (χ0n) is 9.23. The molecule has 1 fully saturated rings. The highest BCUT2D eigenvalue weighted by Crippen LogP contribution is 2.27. The third-order valence-corrected chi connectivity index (χ3v) is 5.35. The molecule has 0 spiro atoms. The standard InChI is InChI=1S/C9H13Cl2N3O2S/c1-14-9(7(11)5-12-14)17(15,16)13-8-4-2-3-6(8)10/h5-6,8,13H,2-4H2,1H3. The van der Waals surface area contributed by atoms with Crippen LogP contribution in [0.2, 0.25) is 5.02 Å². The average molecular weight is 298 g/mol. The molecule has 0 aliphatic heterocycles. The van der Waals surface area contributed by atoms with Crippen LogP contribution in [0.1, 0.15) is 19.3 Å². The van der Waals surface area contributed by atoms with E-state index in [2.05, 4.69) is 9.82 Å². The molecule has 1 aliphatic rings. The predicted octanol–water partition coefficient (Wildman–Crippen LogP) is 1.51. The molecule has 2 unspecified atom stereocenters. The normalized spacial score (nSPS) is 25.4. The molecule has 1 heterocycles. The van der Waals surface area contributed by atoms with E-state index in [9.17, 15) is 8.42 Å². The molecule has 1 aromatic heterocycles. The quantitative estimate of drug-likeness (QED) is 0.860. The Kier molecular flexibility index (Phi) is 3.68. The smallest absolute Gasteiger partial charge is 0.255 e. The number of rotatable bonds is 3. The number of hydrogen-bond donors (Lipinski definition) is 1. The number of halogens is 2. The zero-order valence-corrected chi connectivity index (χ0v) is 11.6. The fourth-order valence-electron chi connectivity index (χ4n) is 2.00. The number of aromatic nitrogens is 2. The van der Waals surface area contributed by atoms with Gasteiger partial charge in [0.05, 0.1) is 11.2 Å². The Morgan fingerprint density at radius 2 is 2.24 bits per heavy atom. The molecule has 1 aliphatic carbocycles. The molecule has 17 heavy (non-hydrogen) atoms. The van der Waals surface area contributed by atoms with Crippen molar-refractivity contribution in [1.29, 1.82) is 0 Å². The molecule has 1 aromatic rings. The molecular weight excluding hydrogens is 285 g/mol. The molecule has 8 heteroatoms. The minimum atomic E-state index is -3.66. The van der Waals surface area contributed by atoms with Gasteiger partial charge in [-0.05, 0) is 12.8 Å². The molecule has 1 N–H and O–H groups in total. The second-order valence-corrected chi connectivity index (χ2v) is 6.69. The minimum absolute atomic E-state index is 0.0186. The molecule has 0 radical (unpaired) electrons. The van der Waals surface area contributed by atoms with Gasteiger partial charge in [0.15, 0.2) is 5.03 Å². The van der Waals surface area contributed by atoms with Crippen LogP contribution in [0.15, 0.2) is 11.2 Å². The first-order valence-corrected chi connectivity index (χ1v) is 7.55. The van der Waals surface area contributed by atoms with E-state index in [0.717, 1.165) is 19.3 Å². The van der Waals surface area contributed by atoms with Gasteiger partial charge in [-0.15, -0.1) is 11.6 Å². The molecule has 5 nitrogen and oxygen atoms in total. The SMILES string of the molecule is Cn1ncc(Cl)c1S(=O)(=O)NC1CCCC1Cl. The van der Waals surface area contributed by atoms with Crippen LogP contribution >= 0.6 is 23.2 Å². The first-order chi connectivity index (χ1) is 7.92. The maximum atomic E-state index is 12.1. The van der Waals surface area contributed by atoms with Crippen molar-refractivity contribution in [3.05, 3.63) is 11.2 Å². The Bertz CT molecular complexity index is 495. The van der Waals surface area contributed by atoms with E-state index >= 15 is 0 Å². The van der Waals surface area contributed by atoms with E-state index in [0.29, 0.717) is 0 Å². The fraction of sp³-hybridized carbons (Fsp3) is 0.667. The fourth-order valence-corrected chi connectivity index (χ4v) is 4.39. The maximum Gasteiger partial charge on any atom is 0.259 e. The summed E-state index contributed by atoms with van der Waals surface area (Å²) in [4.78, 5) is 0. The summed E-state index contributed by atoms with van der Waals surface area (Å²) in [7, 11) is -2.13. The molecule has 96 valence electrons. The molecular formula is C9H13Cl2N3O2S. The van der Waals surface area contributed by atoms with Crippen LogP contribution in [-0.4, -0.2) is 29.6 Å². The van der Waals surface area contributed by atoms with Crippen LogP contribution in [0.25, 0.3) is 0 Å². The summed E-state index contributed by atoms with van der Waals surface area (Å²) in [6.07, 6.45) is 3.82. The van der Waals surface area contributed by atoms with Gasteiger partial charge >= 0.3 is 0 Å². The van der Waals surface area contributed by atoms with Crippen molar-refractivity contribution in [2.45, 2.75) is 35.7 Å². The van der Waals surface area contributed by atoms with E-state index in [1.807, 2.05) is 0 Å². The Hall–Kier alpha value is -0.300. The summed E-state index contributed by atoms with van der Waals surface area (Å²) < 4.78 is 28.1. The topological polar surface area (TPSA) is 64.0 Å². The van der Waals surface area contributed by atoms with Crippen LogP contribution in [0.4, 0.5) is 0 Å². The van der Waals surface area contributed by atoms with Crippen LogP contribution in [0, 0.1) is 0 Å². The Balaban J connectivity index is 2.25. The van der Waals surface area contributed by atoms with Crippen molar-refractivity contribution >= 4 is 33.2 Å².